The fourth-order valence-electron chi connectivity index (χ4n) is 0.634. The summed E-state index contributed by atoms with van der Waals surface area (Å²) in [6, 6.07) is 0.0601. The monoisotopic (exact) mass is 157 g/mol. The average Bonchev–Trinajstić information content (AvgIpc) is 2.30. The highest BCUT2D eigenvalue weighted by Crippen LogP contribution is 2.02. The minimum atomic E-state index is -1.12. The third-order valence-electron chi connectivity index (χ3n) is 1.12. The van der Waals surface area contributed by atoms with Gasteiger partial charge in [-0.05, 0) is 0 Å². The Hall–Kier alpha value is -1.59. The first kappa shape index (κ1) is 7.52. The molecule has 0 atom stereocenters. The Morgan fingerprint density at radius 2 is 2.36 bits per heavy atom. The Balaban J connectivity index is 3.07. The fraction of sp³-hybridized carbons (Fsp3) is 0.400. The highest BCUT2D eigenvalue weighted by Gasteiger charge is 2.13. The molecule has 1 N–H and O–H groups in total. The molecule has 1 rings (SSSR count). The lowest BCUT2D eigenvalue weighted by molar-refractivity contribution is 0.0678. The number of hydrogen-bond donors (Lipinski definition) is 1. The van der Waals surface area contributed by atoms with E-state index in [0.29, 0.717) is 0 Å². The van der Waals surface area contributed by atoms with Crippen LogP contribution in [-0.4, -0.2) is 33.0 Å². The zero-order valence-electron chi connectivity index (χ0n) is 6.11. The largest absolute Gasteiger partial charge is 0.475 e. The van der Waals surface area contributed by atoms with Crippen molar-refractivity contribution in [1.82, 2.24) is 14.8 Å². The maximum absolute atomic E-state index is 10.4. The van der Waals surface area contributed by atoms with Crippen LogP contribution >= 0.6 is 0 Å². The van der Waals surface area contributed by atoms with Gasteiger partial charge in [0.15, 0.2) is 0 Å². The predicted molar refractivity (Wildman–Crippen MR) is 34.5 cm³/mol. The number of carbonyl (C=O) groups is 1. The van der Waals surface area contributed by atoms with Crippen molar-refractivity contribution in [3.8, 4) is 6.01 Å². The first-order valence-corrected chi connectivity index (χ1v) is 2.83. The molecule has 0 amide bonds. The van der Waals surface area contributed by atoms with Crippen molar-refractivity contribution in [2.24, 2.45) is 7.05 Å². The van der Waals surface area contributed by atoms with Gasteiger partial charge in [0.1, 0.15) is 0 Å². The lowest BCUT2D eigenvalue weighted by Crippen LogP contribution is -2.06. The van der Waals surface area contributed by atoms with Gasteiger partial charge < -0.3 is 9.84 Å². The number of rotatable bonds is 2. The van der Waals surface area contributed by atoms with E-state index < -0.39 is 5.97 Å². The Bertz CT molecular complexity index is 281. The van der Waals surface area contributed by atoms with E-state index in [2.05, 4.69) is 14.8 Å². The summed E-state index contributed by atoms with van der Waals surface area (Å²) < 4.78 is 5.76. The van der Waals surface area contributed by atoms with Crippen LogP contribution in [0, 0.1) is 0 Å². The third-order valence-corrected chi connectivity index (χ3v) is 1.12. The van der Waals surface area contributed by atoms with E-state index in [-0.39, 0.29) is 11.8 Å². The molecule has 0 unspecified atom stereocenters. The molecule has 0 aliphatic heterocycles. The van der Waals surface area contributed by atoms with Gasteiger partial charge in [0.2, 0.25) is 5.82 Å². The average molecular weight is 157 g/mol. The first-order valence-electron chi connectivity index (χ1n) is 2.83. The van der Waals surface area contributed by atoms with E-state index in [1.165, 1.54) is 14.2 Å². The summed E-state index contributed by atoms with van der Waals surface area (Å²) >= 11 is 0. The molecule has 0 aliphatic carbocycles. The zero-order chi connectivity index (χ0) is 8.43. The van der Waals surface area contributed by atoms with Gasteiger partial charge in [-0.15, -0.1) is 5.10 Å². The number of carboxylic acids is 1. The summed E-state index contributed by atoms with van der Waals surface area (Å²) in [6.45, 7) is 0. The van der Waals surface area contributed by atoms with E-state index in [0.717, 1.165) is 4.68 Å². The van der Waals surface area contributed by atoms with E-state index in [1.807, 2.05) is 0 Å². The van der Waals surface area contributed by atoms with E-state index in [9.17, 15) is 4.79 Å². The number of aromatic carboxylic acids is 1. The van der Waals surface area contributed by atoms with E-state index >= 15 is 0 Å². The molecular formula is C5H7N3O3. The van der Waals surface area contributed by atoms with Crippen LogP contribution in [0.15, 0.2) is 0 Å². The van der Waals surface area contributed by atoms with Gasteiger partial charge in [0, 0.05) is 7.05 Å². The van der Waals surface area contributed by atoms with E-state index in [4.69, 9.17) is 5.11 Å². The van der Waals surface area contributed by atoms with Crippen molar-refractivity contribution in [3.05, 3.63) is 5.82 Å². The number of nitrogens with zero attached hydrogens (tertiary/aromatic N) is 3. The third kappa shape index (κ3) is 1.28. The Morgan fingerprint density at radius 1 is 1.73 bits per heavy atom. The van der Waals surface area contributed by atoms with Gasteiger partial charge in [-0.3, -0.25) is 0 Å². The zero-order valence-corrected chi connectivity index (χ0v) is 6.11. The molecule has 6 heteroatoms. The maximum atomic E-state index is 10.4. The summed E-state index contributed by atoms with van der Waals surface area (Å²) in [5.41, 5.74) is 0. The molecule has 0 aliphatic rings. The lowest BCUT2D eigenvalue weighted by Gasteiger charge is -1.88. The molecule has 11 heavy (non-hydrogen) atoms. The predicted octanol–water partition coefficient (Wildman–Crippen LogP) is -0.478. The van der Waals surface area contributed by atoms with Crippen LogP contribution in [0.2, 0.25) is 0 Å². The smallest absolute Gasteiger partial charge is 0.373 e. The minimum absolute atomic E-state index is 0.0601. The van der Waals surface area contributed by atoms with Crippen molar-refractivity contribution in [2.45, 2.75) is 0 Å². The summed E-state index contributed by atoms with van der Waals surface area (Å²) in [5, 5.41) is 12.1. The van der Waals surface area contributed by atoms with Crippen LogP contribution in [0.3, 0.4) is 0 Å². The quantitative estimate of drug-likeness (QED) is 0.627. The standard InChI is InChI=1S/C5H7N3O3/c1-8-3(4(9)10)6-5(7-8)11-2/h1-2H3,(H,9,10). The molecule has 0 spiro atoms. The molecule has 0 fully saturated rings. The normalized spacial score (nSPS) is 9.64. The molecule has 0 saturated carbocycles. The van der Waals surface area contributed by atoms with Gasteiger partial charge >= 0.3 is 12.0 Å². The molecule has 0 saturated heterocycles. The van der Waals surface area contributed by atoms with Gasteiger partial charge in [0.25, 0.3) is 0 Å². The van der Waals surface area contributed by atoms with E-state index in [1.54, 1.807) is 0 Å². The molecule has 6 nitrogen and oxygen atoms in total. The van der Waals surface area contributed by atoms with Crippen LogP contribution in [0.5, 0.6) is 6.01 Å². The highest BCUT2D eigenvalue weighted by molar-refractivity contribution is 5.83. The van der Waals surface area contributed by atoms with Crippen LogP contribution in [-0.2, 0) is 7.05 Å². The molecular weight excluding hydrogens is 150 g/mol. The molecule has 0 radical (unpaired) electrons. The Morgan fingerprint density at radius 3 is 2.64 bits per heavy atom. The Kier molecular flexibility index (Phi) is 1.75. The van der Waals surface area contributed by atoms with Crippen molar-refractivity contribution in [2.75, 3.05) is 7.11 Å². The molecule has 0 bridgehead atoms. The Labute approximate surface area is 62.4 Å². The topological polar surface area (TPSA) is 77.2 Å². The van der Waals surface area contributed by atoms with Crippen LogP contribution in [0.4, 0.5) is 0 Å². The molecule has 1 heterocycles. The summed E-state index contributed by atoms with van der Waals surface area (Å²) in [5.74, 6) is -1.26. The second-order valence-corrected chi connectivity index (χ2v) is 1.85. The van der Waals surface area contributed by atoms with Gasteiger partial charge in [0.05, 0.1) is 7.11 Å². The summed E-state index contributed by atoms with van der Waals surface area (Å²) in [4.78, 5) is 13.9. The summed E-state index contributed by atoms with van der Waals surface area (Å²) in [6.07, 6.45) is 0. The van der Waals surface area contributed by atoms with Crippen molar-refractivity contribution in [1.29, 1.82) is 0 Å². The number of ether oxygens (including phenoxy) is 1. The van der Waals surface area contributed by atoms with Crippen molar-refractivity contribution < 1.29 is 14.6 Å². The lowest BCUT2D eigenvalue weighted by atomic mass is 10.6. The van der Waals surface area contributed by atoms with Crippen LogP contribution in [0.1, 0.15) is 10.6 Å². The van der Waals surface area contributed by atoms with Crippen molar-refractivity contribution in [3.63, 3.8) is 0 Å². The van der Waals surface area contributed by atoms with Gasteiger partial charge in [-0.1, -0.05) is 0 Å². The first-order chi connectivity index (χ1) is 5.15. The molecule has 60 valence electrons. The highest BCUT2D eigenvalue weighted by atomic mass is 16.5. The second-order valence-electron chi connectivity index (χ2n) is 1.85. The number of carboxylic acid groups (broad SMARTS) is 1. The number of hydrogen-bond acceptors (Lipinski definition) is 4. The maximum Gasteiger partial charge on any atom is 0.373 e. The van der Waals surface area contributed by atoms with Crippen molar-refractivity contribution >= 4 is 5.97 Å². The molecule has 1 aromatic heterocycles. The van der Waals surface area contributed by atoms with Gasteiger partial charge in [-0.25, -0.2) is 9.48 Å². The second kappa shape index (κ2) is 2.57. The number of aromatic nitrogens is 3. The fourth-order valence-corrected chi connectivity index (χ4v) is 0.634. The molecule has 0 aromatic carbocycles. The number of methoxy groups -OCH3 is 1. The molecule has 1 aromatic rings. The minimum Gasteiger partial charge on any atom is -0.475 e. The van der Waals surface area contributed by atoms with Gasteiger partial charge in [-0.2, -0.15) is 4.98 Å². The van der Waals surface area contributed by atoms with Crippen LogP contribution in [0.25, 0.3) is 0 Å². The SMILES string of the molecule is COc1nc(C(=O)O)n(C)n1. The summed E-state index contributed by atoms with van der Waals surface area (Å²) in [7, 11) is 2.86. The van der Waals surface area contributed by atoms with Crippen LogP contribution < -0.4 is 4.74 Å². The number of aryl methyl sites for hydroxylation is 1.